The Kier molecular flexibility index (Phi) is 3.45. The molecular weight excluding hydrogens is 292 g/mol. The number of nitrogens with two attached hydrogens (primary N) is 1. The van der Waals surface area contributed by atoms with Crippen molar-refractivity contribution in [3.05, 3.63) is 42.7 Å². The molecule has 0 aliphatic carbocycles. The number of ether oxygens (including phenoxy) is 1. The van der Waals surface area contributed by atoms with Crippen LogP contribution in [0.15, 0.2) is 42.7 Å². The summed E-state index contributed by atoms with van der Waals surface area (Å²) in [4.78, 5) is 10.9. The van der Waals surface area contributed by atoms with Crippen LogP contribution in [0, 0.1) is 0 Å². The van der Waals surface area contributed by atoms with E-state index < -0.39 is 0 Å². The predicted molar refractivity (Wildman–Crippen MR) is 87.5 cm³/mol. The first-order chi connectivity index (χ1) is 11.3. The number of rotatable bonds is 4. The van der Waals surface area contributed by atoms with Crippen LogP contribution in [-0.2, 0) is 0 Å². The van der Waals surface area contributed by atoms with Gasteiger partial charge in [0.05, 0.1) is 6.04 Å². The van der Waals surface area contributed by atoms with Crippen LogP contribution >= 0.6 is 0 Å². The lowest BCUT2D eigenvalue weighted by molar-refractivity contribution is 0.288. The summed E-state index contributed by atoms with van der Waals surface area (Å²) in [5.41, 5.74) is 6.04. The van der Waals surface area contributed by atoms with Crippen molar-refractivity contribution < 1.29 is 4.74 Å². The Morgan fingerprint density at radius 3 is 3.00 bits per heavy atom. The van der Waals surface area contributed by atoms with Crippen LogP contribution in [0.3, 0.4) is 0 Å². The Morgan fingerprint density at radius 1 is 1.26 bits per heavy atom. The van der Waals surface area contributed by atoms with E-state index >= 15 is 0 Å². The number of anilines is 2. The average Bonchev–Trinajstić information content (AvgIpc) is 3.23. The number of para-hydroxylation sites is 1. The highest BCUT2D eigenvalue weighted by molar-refractivity contribution is 5.54. The lowest BCUT2D eigenvalue weighted by atomic mass is 10.2. The minimum atomic E-state index is 0.285. The molecule has 118 valence electrons. The van der Waals surface area contributed by atoms with E-state index in [4.69, 9.17) is 10.5 Å². The van der Waals surface area contributed by atoms with E-state index in [9.17, 15) is 0 Å². The zero-order chi connectivity index (χ0) is 15.6. The van der Waals surface area contributed by atoms with Gasteiger partial charge in [-0.05, 0) is 25.0 Å². The highest BCUT2D eigenvalue weighted by Gasteiger charge is 2.27. The Labute approximate surface area is 133 Å². The fraction of sp³-hybridized carbons (Fsp3) is 0.312. The van der Waals surface area contributed by atoms with Gasteiger partial charge in [-0.15, -0.1) is 0 Å². The van der Waals surface area contributed by atoms with Gasteiger partial charge in [0.15, 0.2) is 0 Å². The van der Waals surface area contributed by atoms with Gasteiger partial charge in [0, 0.05) is 12.6 Å². The van der Waals surface area contributed by atoms with E-state index in [2.05, 4.69) is 20.0 Å². The molecule has 1 aromatic carbocycles. The maximum atomic E-state index is 6.04. The number of hydrogen-bond acceptors (Lipinski definition) is 6. The topological polar surface area (TPSA) is 81.6 Å². The van der Waals surface area contributed by atoms with E-state index in [1.807, 2.05) is 36.4 Å². The molecule has 1 fully saturated rings. The van der Waals surface area contributed by atoms with Gasteiger partial charge in [-0.2, -0.15) is 19.6 Å². The third-order valence-electron chi connectivity index (χ3n) is 4.12. The predicted octanol–water partition coefficient (Wildman–Crippen LogP) is 1.75. The number of nitrogen functional groups attached to an aromatic ring is 1. The third-order valence-corrected chi connectivity index (χ3v) is 4.12. The molecule has 2 N–H and O–H groups in total. The molecule has 7 heteroatoms. The van der Waals surface area contributed by atoms with Crippen LogP contribution in [0.2, 0.25) is 0 Å². The molecule has 0 radical (unpaired) electrons. The largest absolute Gasteiger partial charge is 0.491 e. The number of nitrogens with zero attached hydrogens (tertiary/aromatic N) is 5. The Hall–Kier alpha value is -2.83. The molecule has 4 rings (SSSR count). The molecule has 0 unspecified atom stereocenters. The molecule has 3 heterocycles. The summed E-state index contributed by atoms with van der Waals surface area (Å²) >= 11 is 0. The van der Waals surface area contributed by atoms with Crippen molar-refractivity contribution >= 4 is 17.4 Å². The highest BCUT2D eigenvalue weighted by atomic mass is 16.5. The van der Waals surface area contributed by atoms with Crippen molar-refractivity contribution in [1.29, 1.82) is 0 Å². The van der Waals surface area contributed by atoms with E-state index in [-0.39, 0.29) is 6.04 Å². The first kappa shape index (κ1) is 13.8. The minimum Gasteiger partial charge on any atom is -0.491 e. The highest BCUT2D eigenvalue weighted by Crippen LogP contribution is 2.26. The molecule has 1 aliphatic heterocycles. The molecule has 1 saturated heterocycles. The molecule has 1 atom stereocenters. The van der Waals surface area contributed by atoms with E-state index in [1.54, 1.807) is 0 Å². The fourth-order valence-electron chi connectivity index (χ4n) is 2.99. The maximum Gasteiger partial charge on any atom is 0.256 e. The first-order valence-corrected chi connectivity index (χ1v) is 7.72. The van der Waals surface area contributed by atoms with Crippen LogP contribution in [0.25, 0.3) is 5.78 Å². The zero-order valence-electron chi connectivity index (χ0n) is 12.7. The van der Waals surface area contributed by atoms with Crippen molar-refractivity contribution in [2.75, 3.05) is 23.8 Å². The average molecular weight is 310 g/mol. The zero-order valence-corrected chi connectivity index (χ0v) is 12.7. The molecule has 0 amide bonds. The van der Waals surface area contributed by atoms with E-state index in [1.165, 1.54) is 10.8 Å². The monoisotopic (exact) mass is 310 g/mol. The van der Waals surface area contributed by atoms with Crippen LogP contribution in [0.4, 0.5) is 11.6 Å². The molecule has 7 nitrogen and oxygen atoms in total. The molecule has 0 bridgehead atoms. The summed E-state index contributed by atoms with van der Waals surface area (Å²) in [5.74, 6) is 2.79. The van der Waals surface area contributed by atoms with Gasteiger partial charge < -0.3 is 15.4 Å². The van der Waals surface area contributed by atoms with Crippen molar-refractivity contribution in [3.8, 4) is 5.75 Å². The molecular formula is C16H18N6O. The summed E-state index contributed by atoms with van der Waals surface area (Å²) in [6.45, 7) is 1.57. The SMILES string of the molecule is Nc1cc(N2CCC[C@@H]2COc2ccccc2)nc2ncnn12. The second-order valence-electron chi connectivity index (χ2n) is 5.62. The molecule has 0 spiro atoms. The van der Waals surface area contributed by atoms with E-state index in [0.717, 1.165) is 31.0 Å². The second-order valence-corrected chi connectivity index (χ2v) is 5.62. The molecule has 23 heavy (non-hydrogen) atoms. The van der Waals surface area contributed by atoms with Crippen molar-refractivity contribution in [2.24, 2.45) is 0 Å². The molecule has 1 aliphatic rings. The number of hydrogen-bond donors (Lipinski definition) is 1. The Morgan fingerprint density at radius 2 is 2.13 bits per heavy atom. The maximum absolute atomic E-state index is 6.04. The fourth-order valence-corrected chi connectivity index (χ4v) is 2.99. The summed E-state index contributed by atoms with van der Waals surface area (Å²) in [5, 5.41) is 4.06. The van der Waals surface area contributed by atoms with Crippen LogP contribution in [-0.4, -0.2) is 38.8 Å². The first-order valence-electron chi connectivity index (χ1n) is 7.72. The van der Waals surface area contributed by atoms with Crippen molar-refractivity contribution in [1.82, 2.24) is 19.6 Å². The third kappa shape index (κ3) is 2.65. The Bertz CT molecular complexity index is 803. The summed E-state index contributed by atoms with van der Waals surface area (Å²) < 4.78 is 7.45. The lowest BCUT2D eigenvalue weighted by Gasteiger charge is -2.26. The van der Waals surface area contributed by atoms with Gasteiger partial charge in [-0.1, -0.05) is 18.2 Å². The number of fused-ring (bicyclic) bond motifs is 1. The summed E-state index contributed by atoms with van der Waals surface area (Å²) in [7, 11) is 0. The van der Waals surface area contributed by atoms with Gasteiger partial charge in [-0.3, -0.25) is 0 Å². The number of benzene rings is 1. The van der Waals surface area contributed by atoms with Crippen LogP contribution < -0.4 is 15.4 Å². The van der Waals surface area contributed by atoms with Crippen molar-refractivity contribution in [3.63, 3.8) is 0 Å². The number of aromatic nitrogens is 4. The van der Waals surface area contributed by atoms with Gasteiger partial charge in [0.2, 0.25) is 0 Å². The molecule has 3 aromatic rings. The van der Waals surface area contributed by atoms with Gasteiger partial charge in [-0.25, -0.2) is 0 Å². The van der Waals surface area contributed by atoms with Gasteiger partial charge in [0.1, 0.15) is 30.3 Å². The van der Waals surface area contributed by atoms with Crippen LogP contribution in [0.5, 0.6) is 5.75 Å². The molecule has 0 saturated carbocycles. The van der Waals surface area contributed by atoms with Gasteiger partial charge in [0.25, 0.3) is 5.78 Å². The molecule has 2 aromatic heterocycles. The van der Waals surface area contributed by atoms with E-state index in [0.29, 0.717) is 18.2 Å². The minimum absolute atomic E-state index is 0.285. The van der Waals surface area contributed by atoms with Gasteiger partial charge >= 0.3 is 0 Å². The summed E-state index contributed by atoms with van der Waals surface area (Å²) in [6.07, 6.45) is 3.65. The standard InChI is InChI=1S/C16H18N6O/c17-14-9-15(20-16-18-11-19-22(14)16)21-8-4-5-12(21)10-23-13-6-2-1-3-7-13/h1-3,6-7,9,11-12H,4-5,8,10,17H2/t12-/m1/s1. The lowest BCUT2D eigenvalue weighted by Crippen LogP contribution is -2.35. The second kappa shape index (κ2) is 5.75. The quantitative estimate of drug-likeness (QED) is 0.790. The van der Waals surface area contributed by atoms with Crippen LogP contribution in [0.1, 0.15) is 12.8 Å². The normalized spacial score (nSPS) is 17.7. The smallest absolute Gasteiger partial charge is 0.256 e. The summed E-state index contributed by atoms with van der Waals surface area (Å²) in [6, 6.07) is 12.0. The van der Waals surface area contributed by atoms with Crippen molar-refractivity contribution in [2.45, 2.75) is 18.9 Å². The Balaban J connectivity index is 1.54.